The summed E-state index contributed by atoms with van der Waals surface area (Å²) in [4.78, 5) is 8.22. The number of hydrogen-bond acceptors (Lipinski definition) is 3. The van der Waals surface area contributed by atoms with Crippen molar-refractivity contribution in [3.05, 3.63) is 30.1 Å². The van der Waals surface area contributed by atoms with E-state index in [9.17, 15) is 0 Å². The molecule has 4 N–H and O–H groups in total. The van der Waals surface area contributed by atoms with E-state index >= 15 is 0 Å². The molecule has 0 amide bonds. The predicted molar refractivity (Wildman–Crippen MR) is 92.3 cm³/mol. The zero-order valence-corrected chi connectivity index (χ0v) is 13.5. The van der Waals surface area contributed by atoms with Crippen LogP contribution in [0.2, 0.25) is 0 Å². The van der Waals surface area contributed by atoms with Crippen molar-refractivity contribution < 1.29 is 0 Å². The number of pyridine rings is 1. The van der Waals surface area contributed by atoms with Gasteiger partial charge in [-0.15, -0.1) is 0 Å². The Morgan fingerprint density at radius 3 is 2.76 bits per heavy atom. The van der Waals surface area contributed by atoms with Gasteiger partial charge in [-0.05, 0) is 49.2 Å². The molecule has 0 saturated carbocycles. The maximum Gasteiger partial charge on any atom is 0.194 e. The predicted octanol–water partition coefficient (Wildman–Crippen LogP) is 1.98. The van der Waals surface area contributed by atoms with Crippen molar-refractivity contribution in [3.63, 3.8) is 0 Å². The summed E-state index contributed by atoms with van der Waals surface area (Å²) in [7, 11) is 0. The number of hydrogen-bond donors (Lipinski definition) is 3. The van der Waals surface area contributed by atoms with Crippen LogP contribution in [0.4, 0.5) is 0 Å². The number of aryl methyl sites for hydroxylation is 1. The minimum Gasteiger partial charge on any atom is -0.370 e. The second kappa shape index (κ2) is 11.0. The number of nitrogens with two attached hydrogens (primary N) is 1. The molecule has 0 aliphatic rings. The number of aliphatic imine (C=N–C) groups is 1. The van der Waals surface area contributed by atoms with E-state index in [0.717, 1.165) is 32.4 Å². The molecule has 0 aliphatic carbocycles. The van der Waals surface area contributed by atoms with E-state index in [1.807, 2.05) is 24.5 Å². The molecule has 0 fully saturated rings. The highest BCUT2D eigenvalue weighted by Gasteiger charge is 1.98. The highest BCUT2D eigenvalue weighted by atomic mass is 32.1. The Labute approximate surface area is 132 Å². The zero-order chi connectivity index (χ0) is 15.3. The molecule has 0 aliphatic heterocycles. The van der Waals surface area contributed by atoms with Gasteiger partial charge in [0.05, 0.1) is 0 Å². The second-order valence-corrected chi connectivity index (χ2v) is 5.22. The fourth-order valence-corrected chi connectivity index (χ4v) is 2.01. The van der Waals surface area contributed by atoms with E-state index in [-0.39, 0.29) is 0 Å². The molecule has 0 atom stereocenters. The first-order chi connectivity index (χ1) is 10.2. The Morgan fingerprint density at radius 1 is 1.29 bits per heavy atom. The van der Waals surface area contributed by atoms with Gasteiger partial charge in [0.2, 0.25) is 0 Å². The SMILES string of the molecule is CCCCCN=C(N)NC(=S)NCCCc1ccncc1. The summed E-state index contributed by atoms with van der Waals surface area (Å²) < 4.78 is 0. The molecule has 1 aromatic rings. The van der Waals surface area contributed by atoms with E-state index in [4.69, 9.17) is 18.0 Å². The van der Waals surface area contributed by atoms with E-state index in [0.29, 0.717) is 11.1 Å². The number of unbranched alkanes of at least 4 members (excludes halogenated alkanes) is 2. The lowest BCUT2D eigenvalue weighted by molar-refractivity contribution is 0.726. The second-order valence-electron chi connectivity index (χ2n) is 4.81. The van der Waals surface area contributed by atoms with Gasteiger partial charge in [0, 0.05) is 25.5 Å². The molecule has 5 nitrogen and oxygen atoms in total. The number of nitrogens with zero attached hydrogens (tertiary/aromatic N) is 2. The Balaban J connectivity index is 2.10. The number of rotatable bonds is 8. The number of guanidine groups is 1. The zero-order valence-electron chi connectivity index (χ0n) is 12.6. The Kier molecular flexibility index (Phi) is 9.11. The van der Waals surface area contributed by atoms with Crippen LogP contribution in [0.5, 0.6) is 0 Å². The first-order valence-corrected chi connectivity index (χ1v) is 7.87. The molecule has 6 heteroatoms. The highest BCUT2D eigenvalue weighted by molar-refractivity contribution is 7.80. The summed E-state index contributed by atoms with van der Waals surface area (Å²) >= 11 is 5.17. The lowest BCUT2D eigenvalue weighted by Crippen LogP contribution is -2.43. The van der Waals surface area contributed by atoms with E-state index in [2.05, 4.69) is 27.5 Å². The van der Waals surface area contributed by atoms with Crippen molar-refractivity contribution in [2.45, 2.75) is 39.0 Å². The highest BCUT2D eigenvalue weighted by Crippen LogP contribution is 1.99. The summed E-state index contributed by atoms with van der Waals surface area (Å²) in [5, 5.41) is 6.55. The molecule has 0 bridgehead atoms. The first-order valence-electron chi connectivity index (χ1n) is 7.46. The monoisotopic (exact) mass is 307 g/mol. The van der Waals surface area contributed by atoms with Crippen molar-refractivity contribution >= 4 is 23.3 Å². The fourth-order valence-electron chi connectivity index (χ4n) is 1.81. The van der Waals surface area contributed by atoms with Crippen molar-refractivity contribution in [2.24, 2.45) is 10.7 Å². The third kappa shape index (κ3) is 8.96. The van der Waals surface area contributed by atoms with E-state index < -0.39 is 0 Å². The Morgan fingerprint density at radius 2 is 2.05 bits per heavy atom. The van der Waals surface area contributed by atoms with Gasteiger partial charge < -0.3 is 16.4 Å². The molecule has 0 radical (unpaired) electrons. The molecule has 0 unspecified atom stereocenters. The minimum atomic E-state index is 0.387. The molecule has 0 spiro atoms. The molecule has 116 valence electrons. The van der Waals surface area contributed by atoms with Gasteiger partial charge in [-0.1, -0.05) is 19.8 Å². The average Bonchev–Trinajstić information content (AvgIpc) is 2.49. The van der Waals surface area contributed by atoms with Gasteiger partial charge in [-0.2, -0.15) is 0 Å². The summed E-state index contributed by atoms with van der Waals surface area (Å²) in [5.41, 5.74) is 7.04. The van der Waals surface area contributed by atoms with Crippen LogP contribution < -0.4 is 16.4 Å². The minimum absolute atomic E-state index is 0.387. The van der Waals surface area contributed by atoms with Crippen LogP contribution in [0.1, 0.15) is 38.2 Å². The molecule has 1 rings (SSSR count). The molecule has 1 aromatic heterocycles. The maximum atomic E-state index is 5.76. The first kappa shape index (κ1) is 17.4. The lowest BCUT2D eigenvalue weighted by atomic mass is 10.1. The quantitative estimate of drug-likeness (QED) is 0.296. The molecule has 0 aromatic carbocycles. The van der Waals surface area contributed by atoms with Crippen molar-refractivity contribution in [1.29, 1.82) is 0 Å². The molecule has 21 heavy (non-hydrogen) atoms. The van der Waals surface area contributed by atoms with E-state index in [1.54, 1.807) is 0 Å². The van der Waals surface area contributed by atoms with Crippen LogP contribution in [0, 0.1) is 0 Å². The summed E-state index contributed by atoms with van der Waals surface area (Å²) in [5.74, 6) is 0.387. The van der Waals surface area contributed by atoms with Gasteiger partial charge in [0.15, 0.2) is 11.1 Å². The van der Waals surface area contributed by atoms with Crippen molar-refractivity contribution in [3.8, 4) is 0 Å². The summed E-state index contributed by atoms with van der Waals surface area (Å²) in [6.45, 7) is 3.71. The molecular formula is C15H25N5S. The van der Waals surface area contributed by atoms with Gasteiger partial charge in [-0.3, -0.25) is 9.98 Å². The van der Waals surface area contributed by atoms with Crippen LogP contribution in [0.3, 0.4) is 0 Å². The molecule has 0 saturated heterocycles. The number of nitrogens with one attached hydrogen (secondary N) is 2. The van der Waals surface area contributed by atoms with Gasteiger partial charge in [0.25, 0.3) is 0 Å². The largest absolute Gasteiger partial charge is 0.370 e. The summed E-state index contributed by atoms with van der Waals surface area (Å²) in [6.07, 6.45) is 9.03. The van der Waals surface area contributed by atoms with Crippen LogP contribution in [0.15, 0.2) is 29.5 Å². The van der Waals surface area contributed by atoms with Crippen LogP contribution >= 0.6 is 12.2 Å². The maximum absolute atomic E-state index is 5.76. The number of aromatic nitrogens is 1. The summed E-state index contributed by atoms with van der Waals surface area (Å²) in [6, 6.07) is 4.05. The third-order valence-corrected chi connectivity index (χ3v) is 3.21. The fraction of sp³-hybridized carbons (Fsp3) is 0.533. The average molecular weight is 307 g/mol. The molecule has 1 heterocycles. The Hall–Kier alpha value is -1.69. The number of thiocarbonyl (C=S) groups is 1. The topological polar surface area (TPSA) is 75.3 Å². The normalized spacial score (nSPS) is 11.2. The Bertz CT molecular complexity index is 433. The molecular weight excluding hydrogens is 282 g/mol. The third-order valence-electron chi connectivity index (χ3n) is 2.96. The smallest absolute Gasteiger partial charge is 0.194 e. The van der Waals surface area contributed by atoms with Gasteiger partial charge in [-0.25, -0.2) is 0 Å². The van der Waals surface area contributed by atoms with Gasteiger partial charge >= 0.3 is 0 Å². The van der Waals surface area contributed by atoms with Gasteiger partial charge in [0.1, 0.15) is 0 Å². The van der Waals surface area contributed by atoms with Crippen molar-refractivity contribution in [2.75, 3.05) is 13.1 Å². The van der Waals surface area contributed by atoms with Crippen molar-refractivity contribution in [1.82, 2.24) is 15.6 Å². The van der Waals surface area contributed by atoms with Crippen LogP contribution in [-0.4, -0.2) is 29.1 Å². The van der Waals surface area contributed by atoms with E-state index in [1.165, 1.54) is 18.4 Å². The van der Waals surface area contributed by atoms with Crippen LogP contribution in [-0.2, 0) is 6.42 Å². The lowest BCUT2D eigenvalue weighted by Gasteiger charge is -2.09. The standard InChI is InChI=1S/C15H25N5S/c1-2-3-4-9-18-14(16)20-15(21)19-10-5-6-13-7-11-17-12-8-13/h7-8,11-12H,2-6,9-10H2,1H3,(H4,16,18,19,20,21). The van der Waals surface area contributed by atoms with Crippen LogP contribution in [0.25, 0.3) is 0 Å².